The van der Waals surface area contributed by atoms with Gasteiger partial charge in [-0.25, -0.2) is 19.0 Å². The molecular weight excluding hydrogens is 609 g/mol. The van der Waals surface area contributed by atoms with Gasteiger partial charge in [0.25, 0.3) is 11.8 Å². The smallest absolute Gasteiger partial charge is 0.335 e. The van der Waals surface area contributed by atoms with Crippen molar-refractivity contribution in [1.82, 2.24) is 20.6 Å². The van der Waals surface area contributed by atoms with Crippen LogP contribution in [0.15, 0.2) is 60.9 Å². The normalized spacial score (nSPS) is 14.1. The molecule has 0 spiro atoms. The highest BCUT2D eigenvalue weighted by Gasteiger charge is 2.27. The van der Waals surface area contributed by atoms with E-state index in [-0.39, 0.29) is 33.5 Å². The van der Waals surface area contributed by atoms with Crippen LogP contribution in [0.25, 0.3) is 11.0 Å². The zero-order valence-electron chi connectivity index (χ0n) is 25.3. The van der Waals surface area contributed by atoms with Crippen LogP contribution in [0.3, 0.4) is 0 Å². The van der Waals surface area contributed by atoms with Crippen molar-refractivity contribution in [3.8, 4) is 0 Å². The molecule has 1 aliphatic carbocycles. The Morgan fingerprint density at radius 1 is 0.851 bits per heavy atom. The molecule has 4 aromatic rings. The molecule has 1 atom stereocenters. The number of aromatic amines is 1. The first-order valence-electron chi connectivity index (χ1n) is 15.3. The van der Waals surface area contributed by atoms with Crippen LogP contribution in [0.5, 0.6) is 0 Å². The Balaban J connectivity index is 1.39. The highest BCUT2D eigenvalue weighted by atomic mass is 19.1. The highest BCUT2D eigenvalue weighted by molar-refractivity contribution is 6.10. The number of amides is 3. The maximum atomic E-state index is 15.0. The SMILES string of the molecule is O=C(O)c1cc(NC(=O)C(CNC(=O)c2cc3nc[nH]c3cc2C(=O)NCC2CCCCCC2)c2ccccc2F)cc(C(=O)O)c1. The van der Waals surface area contributed by atoms with E-state index in [0.717, 1.165) is 49.9 Å². The number of halogens is 1. The second-order valence-corrected chi connectivity index (χ2v) is 11.6. The molecule has 1 saturated carbocycles. The molecule has 12 nitrogen and oxygen atoms in total. The Kier molecular flexibility index (Phi) is 10.2. The third kappa shape index (κ3) is 7.98. The number of aromatic carboxylic acids is 2. The van der Waals surface area contributed by atoms with Crippen LogP contribution in [0.4, 0.5) is 10.1 Å². The van der Waals surface area contributed by atoms with E-state index in [4.69, 9.17) is 0 Å². The first-order chi connectivity index (χ1) is 22.6. The molecule has 1 aromatic heterocycles. The van der Waals surface area contributed by atoms with Gasteiger partial charge in [0.2, 0.25) is 5.91 Å². The Morgan fingerprint density at radius 3 is 2.15 bits per heavy atom. The first-order valence-corrected chi connectivity index (χ1v) is 15.3. The van der Waals surface area contributed by atoms with Gasteiger partial charge in [-0.3, -0.25) is 14.4 Å². The third-order valence-electron chi connectivity index (χ3n) is 8.33. The maximum absolute atomic E-state index is 15.0. The lowest BCUT2D eigenvalue weighted by molar-refractivity contribution is -0.117. The molecule has 47 heavy (non-hydrogen) atoms. The molecule has 1 heterocycles. The van der Waals surface area contributed by atoms with Crippen molar-refractivity contribution in [1.29, 1.82) is 0 Å². The Morgan fingerprint density at radius 2 is 1.49 bits per heavy atom. The summed E-state index contributed by atoms with van der Waals surface area (Å²) in [5.41, 5.74) is 0.130. The maximum Gasteiger partial charge on any atom is 0.335 e. The quantitative estimate of drug-likeness (QED) is 0.124. The Hall–Kier alpha value is -5.59. The van der Waals surface area contributed by atoms with Crippen molar-refractivity contribution >= 4 is 46.4 Å². The number of rotatable bonds is 11. The zero-order chi connectivity index (χ0) is 33.5. The molecular formula is C34H34FN5O7. The molecule has 0 aliphatic heterocycles. The van der Waals surface area contributed by atoms with Crippen molar-refractivity contribution in [3.63, 3.8) is 0 Å². The van der Waals surface area contributed by atoms with E-state index >= 15 is 0 Å². The molecule has 0 bridgehead atoms. The molecule has 0 saturated heterocycles. The van der Waals surface area contributed by atoms with Crippen molar-refractivity contribution in [3.05, 3.63) is 94.6 Å². The highest BCUT2D eigenvalue weighted by Crippen LogP contribution is 2.25. The van der Waals surface area contributed by atoms with Gasteiger partial charge in [-0.2, -0.15) is 0 Å². The number of nitrogens with one attached hydrogen (secondary N) is 4. The lowest BCUT2D eigenvalue weighted by Crippen LogP contribution is -2.36. The number of nitrogens with zero attached hydrogens (tertiary/aromatic N) is 1. The molecule has 1 aliphatic rings. The largest absolute Gasteiger partial charge is 0.478 e. The number of carbonyl (C=O) groups is 5. The summed E-state index contributed by atoms with van der Waals surface area (Å²) in [4.78, 5) is 70.9. The van der Waals surface area contributed by atoms with E-state index in [1.165, 1.54) is 49.5 Å². The second-order valence-electron chi connectivity index (χ2n) is 11.6. The van der Waals surface area contributed by atoms with E-state index in [9.17, 15) is 38.6 Å². The van der Waals surface area contributed by atoms with Gasteiger partial charge >= 0.3 is 11.9 Å². The fraction of sp³-hybridized carbons (Fsp3) is 0.294. The summed E-state index contributed by atoms with van der Waals surface area (Å²) >= 11 is 0. The lowest BCUT2D eigenvalue weighted by Gasteiger charge is -2.20. The standard InChI is InChI=1S/C34H34FN5O7/c35-27-10-6-5-9-23(27)26(32(43)40-22-12-20(33(44)45)11-21(13-22)34(46)47)17-37-31(42)25-15-29-28(38-18-39-29)14-24(25)30(41)36-16-19-7-3-1-2-4-8-19/h5-6,9-15,18-19,26H,1-4,7-8,16-17H2,(H,36,41)(H,37,42)(H,38,39)(H,40,43)(H,44,45)(H,46,47). The summed E-state index contributed by atoms with van der Waals surface area (Å²) in [5.74, 6) is -6.52. The number of fused-ring (bicyclic) bond motifs is 1. The summed E-state index contributed by atoms with van der Waals surface area (Å²) in [6.07, 6.45) is 8.04. The van der Waals surface area contributed by atoms with Crippen LogP contribution in [0.1, 0.15) is 91.4 Å². The predicted molar refractivity (Wildman–Crippen MR) is 170 cm³/mol. The van der Waals surface area contributed by atoms with Gasteiger partial charge in [0.15, 0.2) is 0 Å². The van der Waals surface area contributed by atoms with Gasteiger partial charge in [0.1, 0.15) is 5.82 Å². The second kappa shape index (κ2) is 14.7. The van der Waals surface area contributed by atoms with Crippen LogP contribution >= 0.6 is 0 Å². The number of carbonyl (C=O) groups excluding carboxylic acids is 3. The first kappa shape index (κ1) is 32.8. The van der Waals surface area contributed by atoms with Gasteiger partial charge in [0, 0.05) is 24.3 Å². The Bertz CT molecular complexity index is 1800. The predicted octanol–water partition coefficient (Wildman–Crippen LogP) is 4.95. The molecule has 5 rings (SSSR count). The molecule has 1 unspecified atom stereocenters. The van der Waals surface area contributed by atoms with Gasteiger partial charge in [-0.1, -0.05) is 43.9 Å². The monoisotopic (exact) mass is 643 g/mol. The molecule has 13 heteroatoms. The zero-order valence-corrected chi connectivity index (χ0v) is 25.3. The lowest BCUT2D eigenvalue weighted by atomic mass is 9.96. The molecule has 3 aromatic carbocycles. The summed E-state index contributed by atoms with van der Waals surface area (Å²) < 4.78 is 15.0. The van der Waals surface area contributed by atoms with Gasteiger partial charge in [-0.15, -0.1) is 0 Å². The summed E-state index contributed by atoms with van der Waals surface area (Å²) in [7, 11) is 0. The number of hydrogen-bond acceptors (Lipinski definition) is 6. The van der Waals surface area contributed by atoms with E-state index in [1.54, 1.807) is 0 Å². The van der Waals surface area contributed by atoms with Crippen LogP contribution in [0.2, 0.25) is 0 Å². The average molecular weight is 644 g/mol. The Labute approximate surface area is 268 Å². The van der Waals surface area contributed by atoms with Crippen molar-refractivity contribution in [2.24, 2.45) is 5.92 Å². The van der Waals surface area contributed by atoms with Crippen molar-refractivity contribution in [2.45, 2.75) is 44.4 Å². The number of carboxylic acids is 2. The van der Waals surface area contributed by atoms with Crippen LogP contribution < -0.4 is 16.0 Å². The number of hydrogen-bond donors (Lipinski definition) is 6. The number of imidazole rings is 1. The van der Waals surface area contributed by atoms with Crippen molar-refractivity contribution in [2.75, 3.05) is 18.4 Å². The molecule has 244 valence electrons. The third-order valence-corrected chi connectivity index (χ3v) is 8.33. The average Bonchev–Trinajstić information content (AvgIpc) is 3.36. The van der Waals surface area contributed by atoms with Crippen LogP contribution in [-0.4, -0.2) is 62.9 Å². The molecule has 1 fully saturated rings. The molecule has 3 amide bonds. The van der Waals surface area contributed by atoms with E-state index in [2.05, 4.69) is 25.9 Å². The van der Waals surface area contributed by atoms with E-state index in [1.807, 2.05) is 0 Å². The van der Waals surface area contributed by atoms with Gasteiger partial charge in [0.05, 0.1) is 45.5 Å². The van der Waals surface area contributed by atoms with Crippen LogP contribution in [0, 0.1) is 11.7 Å². The summed E-state index contributed by atoms with van der Waals surface area (Å²) in [6.45, 7) is 0.0564. The van der Waals surface area contributed by atoms with Crippen molar-refractivity contribution < 1.29 is 38.6 Å². The minimum atomic E-state index is -1.41. The number of H-pyrrole nitrogens is 1. The number of aromatic nitrogens is 2. The van der Waals surface area contributed by atoms with E-state index in [0.29, 0.717) is 23.5 Å². The molecule has 0 radical (unpaired) electrons. The van der Waals surface area contributed by atoms with Gasteiger partial charge in [-0.05, 0) is 55.2 Å². The number of anilines is 1. The molecule has 6 N–H and O–H groups in total. The summed E-state index contributed by atoms with van der Waals surface area (Å²) in [5, 5.41) is 26.9. The van der Waals surface area contributed by atoms with Crippen LogP contribution in [-0.2, 0) is 4.79 Å². The fourth-order valence-electron chi connectivity index (χ4n) is 5.83. The number of carboxylic acid groups (broad SMARTS) is 2. The van der Waals surface area contributed by atoms with E-state index < -0.39 is 47.9 Å². The van der Waals surface area contributed by atoms with Gasteiger partial charge < -0.3 is 31.1 Å². The summed E-state index contributed by atoms with van der Waals surface area (Å²) in [6, 6.07) is 11.5. The minimum absolute atomic E-state index is 0.0101. The topological polar surface area (TPSA) is 191 Å². The number of benzene rings is 3. The minimum Gasteiger partial charge on any atom is -0.478 e. The fourth-order valence-corrected chi connectivity index (χ4v) is 5.83.